The van der Waals surface area contributed by atoms with Gasteiger partial charge in [0.25, 0.3) is 0 Å². The zero-order valence-electron chi connectivity index (χ0n) is 17.1. The maximum Gasteiger partial charge on any atom is 0.335 e. The predicted octanol–water partition coefficient (Wildman–Crippen LogP) is 4.13. The standard InChI is InChI=1S/C24H32O5/c1-3-4-6-15(2)20(25)12-11-18-19-8-5-7-16-9-10-17(24(27)28)13-22(16)29-23(19)14-21(18)26/h9-13,18-21,23,25-26H,2-8,14H2,1H3,(H,27,28)/b12-11+/t18-,19-,20?,21-,23+/m1/s1. The Labute approximate surface area is 172 Å². The topological polar surface area (TPSA) is 87.0 Å². The lowest BCUT2D eigenvalue weighted by molar-refractivity contribution is 0.0695. The normalized spacial score (nSPS) is 27.4. The third-order valence-corrected chi connectivity index (χ3v) is 6.25. The number of rotatable bonds is 7. The molecular weight excluding hydrogens is 368 g/mol. The molecule has 1 aromatic rings. The van der Waals surface area contributed by atoms with Crippen molar-refractivity contribution in [3.8, 4) is 5.75 Å². The number of carboxylic acid groups (broad SMARTS) is 1. The number of carboxylic acids is 1. The molecule has 1 fully saturated rings. The molecule has 5 nitrogen and oxygen atoms in total. The minimum atomic E-state index is -0.973. The summed E-state index contributed by atoms with van der Waals surface area (Å²) in [5, 5.41) is 30.3. The van der Waals surface area contributed by atoms with Gasteiger partial charge in [-0.15, -0.1) is 0 Å². The largest absolute Gasteiger partial charge is 0.490 e. The van der Waals surface area contributed by atoms with Crippen molar-refractivity contribution in [3.63, 3.8) is 0 Å². The van der Waals surface area contributed by atoms with Crippen LogP contribution in [0.15, 0.2) is 42.5 Å². The summed E-state index contributed by atoms with van der Waals surface area (Å²) in [6.45, 7) is 6.08. The van der Waals surface area contributed by atoms with Gasteiger partial charge in [-0.25, -0.2) is 4.79 Å². The summed E-state index contributed by atoms with van der Waals surface area (Å²) in [5.41, 5.74) is 2.03. The fraction of sp³-hybridized carbons (Fsp3) is 0.542. The second-order valence-electron chi connectivity index (χ2n) is 8.31. The van der Waals surface area contributed by atoms with E-state index in [4.69, 9.17) is 4.74 Å². The van der Waals surface area contributed by atoms with Gasteiger partial charge in [0.1, 0.15) is 11.9 Å². The van der Waals surface area contributed by atoms with Crippen LogP contribution in [0.1, 0.15) is 61.4 Å². The fourth-order valence-electron chi connectivity index (χ4n) is 4.50. The summed E-state index contributed by atoms with van der Waals surface area (Å²) in [6.07, 6.45) is 8.34. The minimum absolute atomic E-state index is 0.0853. The maximum atomic E-state index is 11.3. The number of aliphatic hydroxyl groups excluding tert-OH is 2. The number of ether oxygens (including phenoxy) is 1. The molecule has 3 rings (SSSR count). The minimum Gasteiger partial charge on any atom is -0.490 e. The zero-order chi connectivity index (χ0) is 21.0. The van der Waals surface area contributed by atoms with E-state index in [1.807, 2.05) is 12.1 Å². The van der Waals surface area contributed by atoms with E-state index in [0.29, 0.717) is 12.2 Å². The van der Waals surface area contributed by atoms with E-state index in [2.05, 4.69) is 13.5 Å². The third-order valence-electron chi connectivity index (χ3n) is 6.25. The Morgan fingerprint density at radius 2 is 2.21 bits per heavy atom. The van der Waals surface area contributed by atoms with Crippen molar-refractivity contribution in [2.24, 2.45) is 11.8 Å². The highest BCUT2D eigenvalue weighted by Gasteiger charge is 2.43. The highest BCUT2D eigenvalue weighted by Crippen LogP contribution is 2.42. The molecule has 1 heterocycles. The van der Waals surface area contributed by atoms with Gasteiger partial charge < -0.3 is 20.1 Å². The number of benzene rings is 1. The van der Waals surface area contributed by atoms with Crippen LogP contribution < -0.4 is 4.74 Å². The molecule has 1 aliphatic carbocycles. The van der Waals surface area contributed by atoms with Crippen LogP contribution in [-0.2, 0) is 6.42 Å². The van der Waals surface area contributed by atoms with Crippen LogP contribution >= 0.6 is 0 Å². The van der Waals surface area contributed by atoms with E-state index in [1.165, 1.54) is 0 Å². The van der Waals surface area contributed by atoms with Crippen LogP contribution in [0.2, 0.25) is 0 Å². The van der Waals surface area contributed by atoms with Crippen molar-refractivity contribution in [3.05, 3.63) is 53.6 Å². The first-order chi connectivity index (χ1) is 13.9. The summed E-state index contributed by atoms with van der Waals surface area (Å²) in [7, 11) is 0. The molecule has 158 valence electrons. The highest BCUT2D eigenvalue weighted by molar-refractivity contribution is 5.88. The molecule has 1 unspecified atom stereocenters. The van der Waals surface area contributed by atoms with Crippen LogP contribution in [0.3, 0.4) is 0 Å². The van der Waals surface area contributed by atoms with Gasteiger partial charge in [-0.1, -0.05) is 38.1 Å². The molecule has 1 aliphatic heterocycles. The lowest BCUT2D eigenvalue weighted by Crippen LogP contribution is -2.27. The number of aryl methyl sites for hydroxylation is 1. The molecule has 0 aromatic heterocycles. The van der Waals surface area contributed by atoms with Crippen molar-refractivity contribution in [2.45, 2.75) is 70.2 Å². The molecule has 0 bridgehead atoms. The van der Waals surface area contributed by atoms with Crippen molar-refractivity contribution < 1.29 is 24.9 Å². The molecule has 5 atom stereocenters. The van der Waals surface area contributed by atoms with Gasteiger partial charge in [0, 0.05) is 18.3 Å². The average molecular weight is 401 g/mol. The lowest BCUT2D eigenvalue weighted by atomic mass is 9.86. The number of unbranched alkanes of at least 4 members (excludes halogenated alkanes) is 1. The molecule has 0 amide bonds. The second-order valence-corrected chi connectivity index (χ2v) is 8.31. The summed E-state index contributed by atoms with van der Waals surface area (Å²) in [6, 6.07) is 5.04. The first-order valence-electron chi connectivity index (χ1n) is 10.7. The van der Waals surface area contributed by atoms with Gasteiger partial charge in [0.05, 0.1) is 17.8 Å². The quantitative estimate of drug-likeness (QED) is 0.599. The molecular formula is C24H32O5. The molecule has 0 spiro atoms. The molecule has 2 aliphatic rings. The zero-order valence-corrected chi connectivity index (χ0v) is 17.1. The Kier molecular flexibility index (Phi) is 7.14. The first-order valence-corrected chi connectivity index (χ1v) is 10.7. The third kappa shape index (κ3) is 5.09. The first kappa shape index (κ1) is 21.6. The molecule has 29 heavy (non-hydrogen) atoms. The summed E-state index contributed by atoms with van der Waals surface area (Å²) in [5.74, 6) is -0.305. The molecule has 5 heteroatoms. The predicted molar refractivity (Wildman–Crippen MR) is 112 cm³/mol. The van der Waals surface area contributed by atoms with Gasteiger partial charge in [0.15, 0.2) is 0 Å². The number of carbonyl (C=O) groups is 1. The Hall–Kier alpha value is -2.11. The van der Waals surface area contributed by atoms with Crippen molar-refractivity contribution in [1.29, 1.82) is 0 Å². The number of fused-ring (bicyclic) bond motifs is 2. The second kappa shape index (κ2) is 9.59. The Balaban J connectivity index is 1.73. The van der Waals surface area contributed by atoms with Crippen molar-refractivity contribution >= 4 is 5.97 Å². The summed E-state index contributed by atoms with van der Waals surface area (Å²) in [4.78, 5) is 11.3. The fourth-order valence-corrected chi connectivity index (χ4v) is 4.50. The highest BCUT2D eigenvalue weighted by atomic mass is 16.5. The number of aromatic carboxylic acids is 1. The van der Waals surface area contributed by atoms with E-state index in [9.17, 15) is 20.1 Å². The van der Waals surface area contributed by atoms with Crippen LogP contribution in [0.4, 0.5) is 0 Å². The Bertz CT molecular complexity index is 769. The van der Waals surface area contributed by atoms with Crippen LogP contribution in [-0.4, -0.2) is 39.6 Å². The Morgan fingerprint density at radius 1 is 1.41 bits per heavy atom. The van der Waals surface area contributed by atoms with E-state index >= 15 is 0 Å². The van der Waals surface area contributed by atoms with Crippen LogP contribution in [0, 0.1) is 11.8 Å². The SMILES string of the molecule is C=C(CCCC)C(O)/C=C/[C@@H]1[C@H]2CCCc3ccc(C(=O)O)cc3O[C@H]2C[C@H]1O. The molecule has 0 radical (unpaired) electrons. The number of aliphatic hydroxyl groups is 2. The molecule has 0 saturated heterocycles. The van der Waals surface area contributed by atoms with E-state index in [1.54, 1.807) is 18.2 Å². The number of hydrogen-bond donors (Lipinski definition) is 3. The summed E-state index contributed by atoms with van der Waals surface area (Å²) < 4.78 is 6.22. The maximum absolute atomic E-state index is 11.3. The van der Waals surface area contributed by atoms with Crippen LogP contribution in [0.25, 0.3) is 0 Å². The lowest BCUT2D eigenvalue weighted by Gasteiger charge is -2.28. The summed E-state index contributed by atoms with van der Waals surface area (Å²) >= 11 is 0. The smallest absolute Gasteiger partial charge is 0.335 e. The van der Waals surface area contributed by atoms with E-state index < -0.39 is 18.2 Å². The Morgan fingerprint density at radius 3 is 2.93 bits per heavy atom. The van der Waals surface area contributed by atoms with Gasteiger partial charge in [-0.3, -0.25) is 0 Å². The van der Waals surface area contributed by atoms with E-state index in [0.717, 1.165) is 49.7 Å². The molecule has 3 N–H and O–H groups in total. The number of hydrogen-bond acceptors (Lipinski definition) is 4. The van der Waals surface area contributed by atoms with Crippen LogP contribution in [0.5, 0.6) is 5.75 Å². The van der Waals surface area contributed by atoms with Crippen molar-refractivity contribution in [2.75, 3.05) is 0 Å². The average Bonchev–Trinajstić information content (AvgIpc) is 2.96. The molecule has 1 aromatic carbocycles. The van der Waals surface area contributed by atoms with Gasteiger partial charge in [0.2, 0.25) is 0 Å². The van der Waals surface area contributed by atoms with Gasteiger partial charge in [-0.05, 0) is 55.4 Å². The van der Waals surface area contributed by atoms with Gasteiger partial charge in [-0.2, -0.15) is 0 Å². The van der Waals surface area contributed by atoms with Gasteiger partial charge >= 0.3 is 5.97 Å². The van der Waals surface area contributed by atoms with E-state index in [-0.39, 0.29) is 23.5 Å². The monoisotopic (exact) mass is 400 g/mol. The van der Waals surface area contributed by atoms with Crippen molar-refractivity contribution in [1.82, 2.24) is 0 Å². The molecule has 1 saturated carbocycles.